The first kappa shape index (κ1) is 25.2. The topological polar surface area (TPSA) is 100 Å². The van der Waals surface area contributed by atoms with Crippen LogP contribution in [0.3, 0.4) is 0 Å². The van der Waals surface area contributed by atoms with Crippen LogP contribution < -0.4 is 14.8 Å². The third-order valence-electron chi connectivity index (χ3n) is 4.28. The molecule has 0 bridgehead atoms. The van der Waals surface area contributed by atoms with Gasteiger partial charge in [0.25, 0.3) is 0 Å². The standard InChI is InChI=1S/C23H29NO7S/c1-6-29-22(26)19-15(4)20(23(27)31-14(2)3)32-21(19)24-18(25)8-7-13-30-17-11-9-16(28-5)10-12-17/h9-12,14H,6-8,13H2,1-5H3,(H,24,25). The summed E-state index contributed by atoms with van der Waals surface area (Å²) >= 11 is 1.01. The van der Waals surface area contributed by atoms with Crippen LogP contribution in [0.5, 0.6) is 11.5 Å². The minimum Gasteiger partial charge on any atom is -0.497 e. The van der Waals surface area contributed by atoms with E-state index in [9.17, 15) is 14.4 Å². The summed E-state index contributed by atoms with van der Waals surface area (Å²) in [5.74, 6) is -0.0154. The Bertz CT molecular complexity index is 935. The second-order valence-electron chi connectivity index (χ2n) is 7.11. The number of nitrogens with one attached hydrogen (secondary N) is 1. The number of carbonyl (C=O) groups is 3. The van der Waals surface area contributed by atoms with Crippen LogP contribution in [0, 0.1) is 6.92 Å². The summed E-state index contributed by atoms with van der Waals surface area (Å²) in [6.45, 7) is 7.33. The zero-order chi connectivity index (χ0) is 23.7. The van der Waals surface area contributed by atoms with Crippen molar-refractivity contribution in [3.63, 3.8) is 0 Å². The number of methoxy groups -OCH3 is 1. The quantitative estimate of drug-likeness (QED) is 0.384. The van der Waals surface area contributed by atoms with Crippen molar-refractivity contribution < 1.29 is 33.3 Å². The summed E-state index contributed by atoms with van der Waals surface area (Å²) in [5, 5.41) is 3.01. The van der Waals surface area contributed by atoms with Crippen molar-refractivity contribution >= 4 is 34.2 Å². The van der Waals surface area contributed by atoms with Crippen molar-refractivity contribution in [2.24, 2.45) is 0 Å². The van der Waals surface area contributed by atoms with Gasteiger partial charge >= 0.3 is 11.9 Å². The maximum Gasteiger partial charge on any atom is 0.348 e. The van der Waals surface area contributed by atoms with E-state index in [1.807, 2.05) is 0 Å². The summed E-state index contributed by atoms with van der Waals surface area (Å²) in [5.41, 5.74) is 0.604. The van der Waals surface area contributed by atoms with Crippen LogP contribution in [0.1, 0.15) is 59.2 Å². The van der Waals surface area contributed by atoms with Gasteiger partial charge in [0.05, 0.1) is 32.0 Å². The van der Waals surface area contributed by atoms with E-state index in [1.165, 1.54) is 0 Å². The maximum atomic E-state index is 12.5. The van der Waals surface area contributed by atoms with Gasteiger partial charge in [-0.3, -0.25) is 4.79 Å². The van der Waals surface area contributed by atoms with Gasteiger partial charge in [-0.05, 0) is 63.9 Å². The van der Waals surface area contributed by atoms with E-state index in [-0.39, 0.29) is 40.5 Å². The lowest BCUT2D eigenvalue weighted by molar-refractivity contribution is -0.116. The minimum atomic E-state index is -0.594. The molecular weight excluding hydrogens is 434 g/mol. The number of amides is 1. The van der Waals surface area contributed by atoms with Crippen LogP contribution in [0.25, 0.3) is 0 Å². The molecule has 9 heteroatoms. The number of ether oxygens (including phenoxy) is 4. The molecular formula is C23H29NO7S. The Hall–Kier alpha value is -3.07. The van der Waals surface area contributed by atoms with Gasteiger partial charge in [0.2, 0.25) is 5.91 Å². The van der Waals surface area contributed by atoms with Gasteiger partial charge in [-0.15, -0.1) is 11.3 Å². The SMILES string of the molecule is CCOC(=O)c1c(NC(=O)CCCOc2ccc(OC)cc2)sc(C(=O)OC(C)C)c1C. The molecule has 0 saturated carbocycles. The van der Waals surface area contributed by atoms with E-state index in [0.717, 1.165) is 17.1 Å². The predicted octanol–water partition coefficient (Wildman–Crippen LogP) is 4.60. The van der Waals surface area contributed by atoms with E-state index in [2.05, 4.69) is 5.32 Å². The van der Waals surface area contributed by atoms with Gasteiger partial charge in [-0.1, -0.05) is 0 Å². The number of thiophene rings is 1. The third-order valence-corrected chi connectivity index (χ3v) is 5.47. The van der Waals surface area contributed by atoms with Gasteiger partial charge in [0.1, 0.15) is 21.4 Å². The fourth-order valence-corrected chi connectivity index (χ4v) is 3.89. The highest BCUT2D eigenvalue weighted by Gasteiger charge is 2.27. The molecule has 0 fully saturated rings. The Kier molecular flexibility index (Phi) is 9.52. The van der Waals surface area contributed by atoms with E-state index >= 15 is 0 Å². The van der Waals surface area contributed by atoms with Crippen molar-refractivity contribution in [2.75, 3.05) is 25.6 Å². The van der Waals surface area contributed by atoms with Gasteiger partial charge in [-0.2, -0.15) is 0 Å². The molecule has 0 unspecified atom stereocenters. The first-order valence-electron chi connectivity index (χ1n) is 10.3. The molecule has 1 aromatic carbocycles. The van der Waals surface area contributed by atoms with Crippen molar-refractivity contribution in [1.82, 2.24) is 0 Å². The molecule has 174 valence electrons. The Balaban J connectivity index is 2.01. The van der Waals surface area contributed by atoms with Crippen molar-refractivity contribution in [3.8, 4) is 11.5 Å². The van der Waals surface area contributed by atoms with E-state index in [0.29, 0.717) is 24.3 Å². The molecule has 0 spiro atoms. The molecule has 0 aliphatic heterocycles. The summed E-state index contributed by atoms with van der Waals surface area (Å²) in [6, 6.07) is 7.16. The lowest BCUT2D eigenvalue weighted by atomic mass is 10.1. The van der Waals surface area contributed by atoms with Gasteiger partial charge in [-0.25, -0.2) is 9.59 Å². The summed E-state index contributed by atoms with van der Waals surface area (Å²) in [4.78, 5) is 37.6. The Morgan fingerprint density at radius 3 is 2.31 bits per heavy atom. The van der Waals surface area contributed by atoms with E-state index < -0.39 is 11.9 Å². The Morgan fingerprint density at radius 1 is 1.06 bits per heavy atom. The highest BCUT2D eigenvalue weighted by atomic mass is 32.1. The zero-order valence-electron chi connectivity index (χ0n) is 19.0. The normalized spacial score (nSPS) is 10.6. The van der Waals surface area contributed by atoms with Crippen LogP contribution in [0.15, 0.2) is 24.3 Å². The molecule has 1 aromatic heterocycles. The van der Waals surface area contributed by atoms with Gasteiger partial charge in [0.15, 0.2) is 0 Å². The van der Waals surface area contributed by atoms with Crippen molar-refractivity contribution in [1.29, 1.82) is 0 Å². The minimum absolute atomic E-state index is 0.176. The van der Waals surface area contributed by atoms with Crippen molar-refractivity contribution in [2.45, 2.75) is 46.6 Å². The molecule has 0 aliphatic rings. The number of esters is 2. The zero-order valence-corrected chi connectivity index (χ0v) is 19.8. The van der Waals surface area contributed by atoms with Gasteiger partial charge in [0, 0.05) is 6.42 Å². The highest BCUT2D eigenvalue weighted by Crippen LogP contribution is 2.34. The lowest BCUT2D eigenvalue weighted by Crippen LogP contribution is -2.15. The smallest absolute Gasteiger partial charge is 0.348 e. The number of anilines is 1. The molecule has 32 heavy (non-hydrogen) atoms. The molecule has 0 aliphatic carbocycles. The molecule has 0 atom stereocenters. The molecule has 1 amide bonds. The molecule has 2 rings (SSSR count). The molecule has 1 heterocycles. The number of hydrogen-bond donors (Lipinski definition) is 1. The molecule has 1 N–H and O–H groups in total. The summed E-state index contributed by atoms with van der Waals surface area (Å²) < 4.78 is 21.1. The fraction of sp³-hybridized carbons (Fsp3) is 0.435. The number of hydrogen-bond acceptors (Lipinski definition) is 8. The average molecular weight is 464 g/mol. The fourth-order valence-electron chi connectivity index (χ4n) is 2.80. The Morgan fingerprint density at radius 2 is 1.72 bits per heavy atom. The monoisotopic (exact) mass is 463 g/mol. The van der Waals surface area contributed by atoms with Crippen LogP contribution in [0.2, 0.25) is 0 Å². The predicted molar refractivity (Wildman–Crippen MR) is 122 cm³/mol. The molecule has 2 aromatic rings. The van der Waals surface area contributed by atoms with Crippen LogP contribution >= 0.6 is 11.3 Å². The lowest BCUT2D eigenvalue weighted by Gasteiger charge is -2.08. The maximum absolute atomic E-state index is 12.5. The van der Waals surface area contributed by atoms with E-state index in [1.54, 1.807) is 59.1 Å². The number of carbonyl (C=O) groups excluding carboxylic acids is 3. The number of rotatable bonds is 11. The first-order chi connectivity index (χ1) is 15.3. The second-order valence-corrected chi connectivity index (χ2v) is 8.13. The van der Waals surface area contributed by atoms with Crippen molar-refractivity contribution in [3.05, 3.63) is 40.3 Å². The van der Waals surface area contributed by atoms with Crippen LogP contribution in [0.4, 0.5) is 5.00 Å². The summed E-state index contributed by atoms with van der Waals surface area (Å²) in [7, 11) is 1.59. The third kappa shape index (κ3) is 6.98. The molecule has 8 nitrogen and oxygen atoms in total. The van der Waals surface area contributed by atoms with Crippen LogP contribution in [-0.4, -0.2) is 44.3 Å². The highest BCUT2D eigenvalue weighted by molar-refractivity contribution is 7.18. The summed E-state index contributed by atoms with van der Waals surface area (Å²) in [6.07, 6.45) is 0.346. The molecule has 0 saturated heterocycles. The van der Waals surface area contributed by atoms with Gasteiger partial charge < -0.3 is 24.3 Å². The Labute approximate surface area is 191 Å². The molecule has 0 radical (unpaired) electrons. The largest absolute Gasteiger partial charge is 0.497 e. The number of benzene rings is 1. The van der Waals surface area contributed by atoms with Crippen LogP contribution in [-0.2, 0) is 14.3 Å². The van der Waals surface area contributed by atoms with E-state index in [4.69, 9.17) is 18.9 Å². The second kappa shape index (κ2) is 12.1. The average Bonchev–Trinajstić information content (AvgIpc) is 3.07. The first-order valence-corrected chi connectivity index (χ1v) is 11.2.